The molecule has 12 nitrogen and oxygen atoms in total. The van der Waals surface area contributed by atoms with Gasteiger partial charge in [0.2, 0.25) is 0 Å². The molecule has 0 N–H and O–H groups in total. The standard InChI is InChI=1S/C40H80O12Si8/c1-17-25-41-53(9,42-26-18-2)33-37-57(13)49-58(14,38-34-54(10,43-27-19-3)44-28-20-4)51-60(16,40-36-56(12,47-31-23-7)48-32-24-8)52-59(15,50-57)39-35-55(11,45-29-21-5)46-30-22-6/h17-24H,1-8,25-40H2,9-16H3. The van der Waals surface area contributed by atoms with Crippen molar-refractivity contribution in [1.29, 1.82) is 0 Å². The summed E-state index contributed by atoms with van der Waals surface area (Å²) >= 11 is 0. The van der Waals surface area contributed by atoms with Gasteiger partial charge in [0.15, 0.2) is 0 Å². The van der Waals surface area contributed by atoms with E-state index >= 15 is 0 Å². The molecule has 0 radical (unpaired) electrons. The summed E-state index contributed by atoms with van der Waals surface area (Å²) in [5, 5.41) is 0. The van der Waals surface area contributed by atoms with Crippen molar-refractivity contribution in [1.82, 2.24) is 0 Å². The molecule has 1 heterocycles. The molecule has 60 heavy (non-hydrogen) atoms. The lowest BCUT2D eigenvalue weighted by molar-refractivity contribution is 0.195. The molecule has 0 atom stereocenters. The van der Waals surface area contributed by atoms with Crippen molar-refractivity contribution in [2.45, 2.75) is 101 Å². The quantitative estimate of drug-likeness (QED) is 0.0440. The first-order chi connectivity index (χ1) is 28.1. The Morgan fingerprint density at radius 1 is 0.317 bits per heavy atom. The van der Waals surface area contributed by atoms with E-state index < -0.39 is 68.5 Å². The second-order valence-electron chi connectivity index (χ2n) is 16.3. The molecule has 0 aliphatic carbocycles. The summed E-state index contributed by atoms with van der Waals surface area (Å²) in [5.74, 6) is 0. The van der Waals surface area contributed by atoms with Crippen molar-refractivity contribution >= 4 is 68.5 Å². The number of hydrogen-bond acceptors (Lipinski definition) is 12. The van der Waals surface area contributed by atoms with Gasteiger partial charge in [-0.25, -0.2) is 0 Å². The van der Waals surface area contributed by atoms with Gasteiger partial charge in [0.1, 0.15) is 0 Å². The lowest BCUT2D eigenvalue weighted by atomic mass is 10.7. The molecule has 344 valence electrons. The zero-order valence-corrected chi connectivity index (χ0v) is 46.5. The molecule has 1 aliphatic heterocycles. The Bertz CT molecular complexity index is 1120. The van der Waals surface area contributed by atoms with E-state index in [9.17, 15) is 0 Å². The van der Waals surface area contributed by atoms with Crippen LogP contribution in [0.15, 0.2) is 101 Å². The van der Waals surface area contributed by atoms with Gasteiger partial charge in [0, 0.05) is 0 Å². The Morgan fingerprint density at radius 3 is 0.567 bits per heavy atom. The van der Waals surface area contributed by atoms with Crippen molar-refractivity contribution in [2.75, 3.05) is 52.9 Å². The second-order valence-corrected chi connectivity index (χ2v) is 44.0. The third kappa shape index (κ3) is 21.7. The molecule has 0 unspecified atom stereocenters. The van der Waals surface area contributed by atoms with Gasteiger partial charge in [0.25, 0.3) is 0 Å². The molecule has 0 amide bonds. The second kappa shape index (κ2) is 27.5. The summed E-state index contributed by atoms with van der Waals surface area (Å²) in [6.45, 7) is 50.9. The summed E-state index contributed by atoms with van der Waals surface area (Å²) in [7, 11) is -23.6. The topological polar surface area (TPSA) is 111 Å². The SMILES string of the molecule is C=CCO[Si](C)(CC[Si]1(C)O[Si](C)(CC[Si](C)(OCC=C)OCC=C)O[Si](C)(CC[Si](C)(OCC=C)OCC=C)O[Si](C)(CC[Si](C)(OCC=C)OCC=C)O1)OCC=C. The van der Waals surface area contributed by atoms with Gasteiger partial charge >= 0.3 is 68.5 Å². The highest BCUT2D eigenvalue weighted by Gasteiger charge is 2.59. The van der Waals surface area contributed by atoms with Crippen molar-refractivity contribution in [2.24, 2.45) is 0 Å². The summed E-state index contributed by atoms with van der Waals surface area (Å²) in [6, 6.07) is 4.89. The largest absolute Gasteiger partial charge is 0.416 e. The zero-order chi connectivity index (χ0) is 45.5. The lowest BCUT2D eigenvalue weighted by Crippen LogP contribution is -2.68. The number of hydrogen-bond donors (Lipinski definition) is 0. The minimum Gasteiger partial charge on any atom is -0.416 e. The molecule has 0 spiro atoms. The normalized spacial score (nSPS) is 24.1. The summed E-state index contributed by atoms with van der Waals surface area (Å²) in [6.07, 6.45) is 14.0. The van der Waals surface area contributed by atoms with E-state index in [1.165, 1.54) is 0 Å². The molecule has 0 aromatic carbocycles. The van der Waals surface area contributed by atoms with Crippen LogP contribution >= 0.6 is 0 Å². The van der Waals surface area contributed by atoms with E-state index in [2.05, 4.69) is 105 Å². The van der Waals surface area contributed by atoms with E-state index in [0.717, 1.165) is 0 Å². The maximum Gasteiger partial charge on any atom is 0.335 e. The van der Waals surface area contributed by atoms with Crippen LogP contribution in [0.2, 0.25) is 101 Å². The van der Waals surface area contributed by atoms with Gasteiger partial charge in [-0.1, -0.05) is 48.6 Å². The van der Waals surface area contributed by atoms with Crippen molar-refractivity contribution < 1.29 is 51.9 Å². The Kier molecular flexibility index (Phi) is 26.2. The van der Waals surface area contributed by atoms with Crippen LogP contribution in [0.3, 0.4) is 0 Å². The first-order valence-corrected chi connectivity index (χ1v) is 41.1. The lowest BCUT2D eigenvalue weighted by Gasteiger charge is -2.51. The predicted octanol–water partition coefficient (Wildman–Crippen LogP) is 10.3. The summed E-state index contributed by atoms with van der Waals surface area (Å²) < 4.78 is 81.4. The average molecular weight is 978 g/mol. The molecule has 0 bridgehead atoms. The van der Waals surface area contributed by atoms with Crippen LogP contribution in [0.1, 0.15) is 0 Å². The molecular weight excluding hydrogens is 897 g/mol. The average Bonchev–Trinajstić information content (AvgIpc) is 3.20. The van der Waals surface area contributed by atoms with Crippen LogP contribution in [0.25, 0.3) is 0 Å². The maximum absolute atomic E-state index is 7.60. The monoisotopic (exact) mass is 976 g/mol. The van der Waals surface area contributed by atoms with Crippen LogP contribution < -0.4 is 0 Å². The highest BCUT2D eigenvalue weighted by atomic mass is 28.5. The molecule has 0 aromatic heterocycles. The van der Waals surface area contributed by atoms with Gasteiger partial charge in [-0.2, -0.15) is 0 Å². The molecule has 1 rings (SSSR count). The molecule has 1 aliphatic rings. The molecule has 1 fully saturated rings. The zero-order valence-electron chi connectivity index (χ0n) is 38.5. The Labute approximate surface area is 373 Å². The summed E-state index contributed by atoms with van der Waals surface area (Å²) in [4.78, 5) is 0. The molecule has 1 saturated heterocycles. The van der Waals surface area contributed by atoms with Crippen LogP contribution in [0.5, 0.6) is 0 Å². The minimum atomic E-state index is -3.17. The van der Waals surface area contributed by atoms with Crippen molar-refractivity contribution in [3.05, 3.63) is 101 Å². The Morgan fingerprint density at radius 2 is 0.450 bits per heavy atom. The molecule has 0 aromatic rings. The van der Waals surface area contributed by atoms with Crippen LogP contribution in [-0.2, 0) is 51.9 Å². The van der Waals surface area contributed by atoms with E-state index in [1.54, 1.807) is 48.6 Å². The third-order valence-corrected chi connectivity index (χ3v) is 41.2. The Hall–Kier alpha value is -0.825. The van der Waals surface area contributed by atoms with Gasteiger partial charge in [-0.3, -0.25) is 0 Å². The molecule has 20 heteroatoms. The first-order valence-electron chi connectivity index (χ1n) is 20.9. The fourth-order valence-electron chi connectivity index (χ4n) is 6.76. The highest BCUT2D eigenvalue weighted by molar-refractivity contribution is 6.95. The van der Waals surface area contributed by atoms with Crippen LogP contribution in [0, 0.1) is 0 Å². The van der Waals surface area contributed by atoms with Gasteiger partial charge in [0.05, 0.1) is 52.9 Å². The fourth-order valence-corrected chi connectivity index (χ4v) is 46.6. The van der Waals surface area contributed by atoms with E-state index in [-0.39, 0.29) is 0 Å². The Balaban J connectivity index is 3.97. The van der Waals surface area contributed by atoms with Gasteiger partial charge < -0.3 is 51.9 Å². The third-order valence-electron chi connectivity index (χ3n) is 9.91. The van der Waals surface area contributed by atoms with Crippen LogP contribution in [-0.4, -0.2) is 121 Å². The highest BCUT2D eigenvalue weighted by Crippen LogP contribution is 2.42. The summed E-state index contributed by atoms with van der Waals surface area (Å²) in [5.41, 5.74) is 0. The first kappa shape index (κ1) is 57.2. The van der Waals surface area contributed by atoms with E-state index in [4.69, 9.17) is 51.9 Å². The van der Waals surface area contributed by atoms with E-state index in [0.29, 0.717) is 101 Å². The number of rotatable bonds is 36. The van der Waals surface area contributed by atoms with E-state index in [1.807, 2.05) is 0 Å². The van der Waals surface area contributed by atoms with Crippen molar-refractivity contribution in [3.63, 3.8) is 0 Å². The van der Waals surface area contributed by atoms with Crippen molar-refractivity contribution in [3.8, 4) is 0 Å². The molecule has 0 saturated carbocycles. The predicted molar refractivity (Wildman–Crippen MR) is 265 cm³/mol. The minimum absolute atomic E-state index is 0.376. The fraction of sp³-hybridized carbons (Fsp3) is 0.600. The van der Waals surface area contributed by atoms with Gasteiger partial charge in [-0.15, -0.1) is 52.6 Å². The molecular formula is C40H80O12Si8. The maximum atomic E-state index is 7.60. The smallest absolute Gasteiger partial charge is 0.335 e. The van der Waals surface area contributed by atoms with Gasteiger partial charge in [-0.05, 0) is 101 Å². The van der Waals surface area contributed by atoms with Crippen LogP contribution in [0.4, 0.5) is 0 Å².